The predicted octanol–water partition coefficient (Wildman–Crippen LogP) is 4.51. The molecule has 0 aliphatic heterocycles. The summed E-state index contributed by atoms with van der Waals surface area (Å²) in [6.07, 6.45) is 4.05. The van der Waals surface area contributed by atoms with Crippen molar-refractivity contribution in [2.75, 3.05) is 14.2 Å². The van der Waals surface area contributed by atoms with Crippen LogP contribution in [0.2, 0.25) is 0 Å². The van der Waals surface area contributed by atoms with E-state index in [1.165, 1.54) is 20.6 Å². The van der Waals surface area contributed by atoms with Gasteiger partial charge in [0.25, 0.3) is 0 Å². The second-order valence-corrected chi connectivity index (χ2v) is 7.42. The lowest BCUT2D eigenvalue weighted by Crippen LogP contribution is -2.02. The average Bonchev–Trinajstić information content (AvgIpc) is 3.18. The number of hydrogen-bond donors (Lipinski definition) is 0. The minimum atomic E-state index is 1.07. The van der Waals surface area contributed by atoms with E-state index in [0.717, 1.165) is 11.0 Å². The summed E-state index contributed by atoms with van der Waals surface area (Å²) in [5.41, 5.74) is 2.14. The van der Waals surface area contributed by atoms with Crippen LogP contribution in [0.4, 0.5) is 0 Å². The van der Waals surface area contributed by atoms with Crippen molar-refractivity contribution in [3.63, 3.8) is 0 Å². The lowest BCUT2D eigenvalue weighted by atomic mass is 10.2. The molecule has 0 amide bonds. The second-order valence-electron chi connectivity index (χ2n) is 5.20. The van der Waals surface area contributed by atoms with Gasteiger partial charge in [-0.15, -0.1) is 0 Å². The van der Waals surface area contributed by atoms with E-state index in [1.54, 1.807) is 45.3 Å². The lowest BCUT2D eigenvalue weighted by molar-refractivity contribution is 0.178. The predicted molar refractivity (Wildman–Crippen MR) is 101 cm³/mol. The Morgan fingerprint density at radius 2 is 1.08 bits per heavy atom. The molecule has 6 heteroatoms. The van der Waals surface area contributed by atoms with E-state index in [4.69, 9.17) is 9.68 Å². The van der Waals surface area contributed by atoms with Crippen LogP contribution < -0.4 is 9.68 Å². The molecule has 0 N–H and O–H groups in total. The van der Waals surface area contributed by atoms with Gasteiger partial charge < -0.3 is 9.68 Å². The summed E-state index contributed by atoms with van der Waals surface area (Å²) in [5.74, 6) is 0. The van der Waals surface area contributed by atoms with Gasteiger partial charge in [-0.1, -0.05) is 58.0 Å². The molecule has 2 heterocycles. The highest BCUT2D eigenvalue weighted by molar-refractivity contribution is 8.76. The average molecular weight is 356 g/mol. The zero-order valence-electron chi connectivity index (χ0n) is 13.3. The van der Waals surface area contributed by atoms with Gasteiger partial charge in [-0.25, -0.2) is 0 Å². The molecule has 4 nitrogen and oxygen atoms in total. The van der Waals surface area contributed by atoms with Gasteiger partial charge in [0.2, 0.25) is 0 Å². The van der Waals surface area contributed by atoms with Crippen LogP contribution in [0.1, 0.15) is 0 Å². The van der Waals surface area contributed by atoms with Crippen molar-refractivity contribution in [3.05, 3.63) is 60.9 Å². The van der Waals surface area contributed by atoms with Crippen LogP contribution in [0.25, 0.3) is 21.8 Å². The zero-order valence-corrected chi connectivity index (χ0v) is 14.9. The Kier molecular flexibility index (Phi) is 4.08. The molecule has 4 aromatic rings. The molecule has 2 aromatic carbocycles. The van der Waals surface area contributed by atoms with Gasteiger partial charge in [0.05, 0.1) is 23.4 Å². The molecule has 0 atom stereocenters. The molecule has 4 rings (SSSR count). The van der Waals surface area contributed by atoms with Crippen molar-refractivity contribution in [1.29, 1.82) is 0 Å². The largest absolute Gasteiger partial charge is 0.417 e. The molecule has 0 saturated carbocycles. The molecule has 0 radical (unpaired) electrons. The molecule has 0 unspecified atom stereocenters. The maximum atomic E-state index is 5.42. The quantitative estimate of drug-likeness (QED) is 0.492. The molecule has 0 saturated heterocycles. The van der Waals surface area contributed by atoms with E-state index >= 15 is 0 Å². The Balaban J connectivity index is 1.69. The van der Waals surface area contributed by atoms with Crippen LogP contribution in [0.3, 0.4) is 0 Å². The fourth-order valence-electron chi connectivity index (χ4n) is 2.76. The Labute approximate surface area is 147 Å². The summed E-state index contributed by atoms with van der Waals surface area (Å²) in [5, 5.41) is 2.37. The number of benzene rings is 2. The van der Waals surface area contributed by atoms with E-state index in [9.17, 15) is 0 Å². The van der Waals surface area contributed by atoms with Crippen LogP contribution in [-0.4, -0.2) is 23.7 Å². The fraction of sp³-hybridized carbons (Fsp3) is 0.111. The van der Waals surface area contributed by atoms with Gasteiger partial charge in [-0.2, -0.15) is 9.46 Å². The number of nitrogens with zero attached hydrogens (tertiary/aromatic N) is 2. The van der Waals surface area contributed by atoms with E-state index in [-0.39, 0.29) is 0 Å². The maximum Gasteiger partial charge on any atom is 0.104 e. The highest BCUT2D eigenvalue weighted by atomic mass is 33.1. The topological polar surface area (TPSA) is 28.3 Å². The minimum absolute atomic E-state index is 1.07. The van der Waals surface area contributed by atoms with Gasteiger partial charge in [0.1, 0.15) is 14.2 Å². The van der Waals surface area contributed by atoms with Crippen molar-refractivity contribution in [2.45, 2.75) is 9.79 Å². The molecular formula is C18H16N2O2S2. The van der Waals surface area contributed by atoms with E-state index in [0.29, 0.717) is 0 Å². The Hall–Kier alpha value is -2.18. The first-order valence-electron chi connectivity index (χ1n) is 7.45. The first kappa shape index (κ1) is 15.4. The van der Waals surface area contributed by atoms with Gasteiger partial charge in [0.15, 0.2) is 0 Å². The number of hydrogen-bond acceptors (Lipinski definition) is 4. The number of aromatic nitrogens is 2. The smallest absolute Gasteiger partial charge is 0.104 e. The Bertz CT molecular complexity index is 925. The van der Waals surface area contributed by atoms with Crippen molar-refractivity contribution in [3.8, 4) is 0 Å². The normalized spacial score (nSPS) is 11.2. The SMILES string of the molecule is COn1cc(SSc2cn(OC)c3ccccc23)c2ccccc21. The van der Waals surface area contributed by atoms with Gasteiger partial charge >= 0.3 is 0 Å². The van der Waals surface area contributed by atoms with Crippen molar-refractivity contribution < 1.29 is 9.68 Å². The molecule has 2 aromatic heterocycles. The molecule has 24 heavy (non-hydrogen) atoms. The van der Waals surface area contributed by atoms with Crippen LogP contribution >= 0.6 is 21.6 Å². The molecule has 122 valence electrons. The van der Waals surface area contributed by atoms with Crippen LogP contribution in [-0.2, 0) is 0 Å². The first-order valence-corrected chi connectivity index (χ1v) is 9.60. The summed E-state index contributed by atoms with van der Waals surface area (Å²) in [6.45, 7) is 0. The third kappa shape index (κ3) is 2.52. The highest BCUT2D eigenvalue weighted by Crippen LogP contribution is 2.44. The lowest BCUT2D eigenvalue weighted by Gasteiger charge is -1.99. The number of rotatable bonds is 5. The fourth-order valence-corrected chi connectivity index (χ4v) is 5.08. The van der Waals surface area contributed by atoms with Gasteiger partial charge in [0, 0.05) is 20.6 Å². The van der Waals surface area contributed by atoms with Crippen LogP contribution in [0.15, 0.2) is 70.7 Å². The van der Waals surface area contributed by atoms with Crippen LogP contribution in [0.5, 0.6) is 0 Å². The Morgan fingerprint density at radius 1 is 0.667 bits per heavy atom. The van der Waals surface area contributed by atoms with Crippen molar-refractivity contribution in [2.24, 2.45) is 0 Å². The number of para-hydroxylation sites is 2. The molecule has 0 aliphatic carbocycles. The molecular weight excluding hydrogens is 340 g/mol. The first-order chi connectivity index (χ1) is 11.8. The third-order valence-corrected chi connectivity index (χ3v) is 6.32. The number of fused-ring (bicyclic) bond motifs is 2. The summed E-state index contributed by atoms with van der Waals surface area (Å²) < 4.78 is 3.60. The summed E-state index contributed by atoms with van der Waals surface area (Å²) >= 11 is 0. The molecule has 0 bridgehead atoms. The van der Waals surface area contributed by atoms with Crippen molar-refractivity contribution >= 4 is 43.4 Å². The van der Waals surface area contributed by atoms with E-state index in [2.05, 4.69) is 24.3 Å². The third-order valence-electron chi connectivity index (χ3n) is 3.90. The summed E-state index contributed by atoms with van der Waals surface area (Å²) in [4.78, 5) is 13.2. The summed E-state index contributed by atoms with van der Waals surface area (Å²) in [7, 11) is 6.81. The highest BCUT2D eigenvalue weighted by Gasteiger charge is 2.13. The Morgan fingerprint density at radius 3 is 1.50 bits per heavy atom. The van der Waals surface area contributed by atoms with Gasteiger partial charge in [-0.3, -0.25) is 0 Å². The molecule has 0 spiro atoms. The summed E-state index contributed by atoms with van der Waals surface area (Å²) in [6, 6.07) is 16.5. The van der Waals surface area contributed by atoms with E-state index < -0.39 is 0 Å². The maximum absolute atomic E-state index is 5.42. The van der Waals surface area contributed by atoms with Gasteiger partial charge in [-0.05, 0) is 12.1 Å². The standard InChI is InChI=1S/C18H16N2O2S2/c1-21-19-11-17(13-7-3-5-9-15(13)19)23-24-18-12-20(22-2)16-10-6-4-8-14(16)18/h3-12H,1-2H3. The zero-order chi connectivity index (χ0) is 16.5. The minimum Gasteiger partial charge on any atom is -0.417 e. The second kappa shape index (κ2) is 6.37. The molecule has 0 aliphatic rings. The van der Waals surface area contributed by atoms with Crippen molar-refractivity contribution in [1.82, 2.24) is 9.46 Å². The van der Waals surface area contributed by atoms with Crippen LogP contribution in [0, 0.1) is 0 Å². The molecule has 0 fully saturated rings. The van der Waals surface area contributed by atoms with E-state index in [1.807, 2.05) is 36.7 Å². The monoisotopic (exact) mass is 356 g/mol.